The zero-order chi connectivity index (χ0) is 12.5. The Balaban J connectivity index is 2.04. The number of rotatable bonds is 7. The minimum atomic E-state index is -0.136. The number of unbranched alkanes of at least 4 members (excludes halogenated alkanes) is 2. The molecule has 0 atom stereocenters. The van der Waals surface area contributed by atoms with Gasteiger partial charge >= 0.3 is 5.97 Å². The molecule has 0 unspecified atom stereocenters. The predicted molar refractivity (Wildman–Crippen MR) is 75.1 cm³/mol. The molecule has 3 nitrogen and oxygen atoms in total. The lowest BCUT2D eigenvalue weighted by Gasteiger charge is -2.05. The number of methoxy groups -OCH3 is 1. The van der Waals surface area contributed by atoms with Crippen LogP contribution >= 0.6 is 22.6 Å². The van der Waals surface area contributed by atoms with Crippen molar-refractivity contribution in [2.45, 2.75) is 25.7 Å². The van der Waals surface area contributed by atoms with Gasteiger partial charge in [0, 0.05) is 9.99 Å². The molecule has 0 amide bonds. The number of esters is 1. The van der Waals surface area contributed by atoms with E-state index in [1.54, 1.807) is 0 Å². The second kappa shape index (κ2) is 8.33. The van der Waals surface area contributed by atoms with Crippen LogP contribution in [0, 0.1) is 3.57 Å². The van der Waals surface area contributed by atoms with Gasteiger partial charge < -0.3 is 9.47 Å². The summed E-state index contributed by atoms with van der Waals surface area (Å²) >= 11 is 2.26. The van der Waals surface area contributed by atoms with E-state index in [1.165, 1.54) is 10.7 Å². The highest BCUT2D eigenvalue weighted by atomic mass is 127. The Morgan fingerprint density at radius 3 is 2.53 bits per heavy atom. The van der Waals surface area contributed by atoms with E-state index < -0.39 is 0 Å². The van der Waals surface area contributed by atoms with Gasteiger partial charge in [-0.25, -0.2) is 0 Å². The molecule has 0 aliphatic rings. The lowest BCUT2D eigenvalue weighted by molar-refractivity contribution is -0.140. The van der Waals surface area contributed by atoms with E-state index in [4.69, 9.17) is 4.74 Å². The van der Waals surface area contributed by atoms with Crippen LogP contribution in [0.4, 0.5) is 0 Å². The van der Waals surface area contributed by atoms with E-state index in [9.17, 15) is 4.79 Å². The third-order valence-electron chi connectivity index (χ3n) is 2.34. The number of carbonyl (C=O) groups is 1. The van der Waals surface area contributed by atoms with Crippen LogP contribution < -0.4 is 4.74 Å². The topological polar surface area (TPSA) is 35.5 Å². The lowest BCUT2D eigenvalue weighted by Crippen LogP contribution is -2.01. The first kappa shape index (κ1) is 14.3. The van der Waals surface area contributed by atoms with Crippen LogP contribution in [0.5, 0.6) is 5.75 Å². The number of hydrogen-bond donors (Lipinski definition) is 0. The number of benzene rings is 1. The molecule has 0 fully saturated rings. The molecule has 94 valence electrons. The summed E-state index contributed by atoms with van der Waals surface area (Å²) in [4.78, 5) is 10.8. The smallest absolute Gasteiger partial charge is 0.305 e. The maximum absolute atomic E-state index is 10.8. The second-order valence-electron chi connectivity index (χ2n) is 3.69. The van der Waals surface area contributed by atoms with E-state index in [2.05, 4.69) is 27.3 Å². The Morgan fingerprint density at radius 1 is 1.18 bits per heavy atom. The molecular formula is C13H17IO3. The summed E-state index contributed by atoms with van der Waals surface area (Å²) in [6, 6.07) is 7.98. The molecule has 0 saturated carbocycles. The van der Waals surface area contributed by atoms with Crippen molar-refractivity contribution in [1.29, 1.82) is 0 Å². The molecular weight excluding hydrogens is 331 g/mol. The van der Waals surface area contributed by atoms with Crippen LogP contribution in [-0.4, -0.2) is 19.7 Å². The molecule has 1 aromatic carbocycles. The first-order chi connectivity index (χ1) is 8.22. The second-order valence-corrected chi connectivity index (χ2v) is 4.93. The summed E-state index contributed by atoms with van der Waals surface area (Å²) in [5, 5.41) is 0. The molecule has 0 aliphatic heterocycles. The number of hydrogen-bond acceptors (Lipinski definition) is 3. The van der Waals surface area contributed by atoms with Crippen LogP contribution in [0.2, 0.25) is 0 Å². The van der Waals surface area contributed by atoms with E-state index in [0.717, 1.165) is 25.0 Å². The van der Waals surface area contributed by atoms with Crippen LogP contribution in [0.15, 0.2) is 24.3 Å². The monoisotopic (exact) mass is 348 g/mol. The normalized spacial score (nSPS) is 10.0. The Morgan fingerprint density at radius 2 is 1.88 bits per heavy atom. The molecule has 0 spiro atoms. The first-order valence-corrected chi connectivity index (χ1v) is 6.75. The van der Waals surface area contributed by atoms with Gasteiger partial charge in [0.2, 0.25) is 0 Å². The molecule has 0 saturated heterocycles. The fourth-order valence-corrected chi connectivity index (χ4v) is 1.73. The highest BCUT2D eigenvalue weighted by molar-refractivity contribution is 14.1. The zero-order valence-corrected chi connectivity index (χ0v) is 12.1. The molecule has 4 heteroatoms. The van der Waals surface area contributed by atoms with Crippen molar-refractivity contribution in [3.8, 4) is 5.75 Å². The molecule has 1 aromatic rings. The molecule has 17 heavy (non-hydrogen) atoms. The minimum Gasteiger partial charge on any atom is -0.494 e. The van der Waals surface area contributed by atoms with Gasteiger partial charge in [-0.15, -0.1) is 0 Å². The Bertz CT molecular complexity index is 335. The Labute approximate surface area is 116 Å². The maximum atomic E-state index is 10.8. The van der Waals surface area contributed by atoms with Gasteiger partial charge in [0.05, 0.1) is 13.7 Å². The van der Waals surface area contributed by atoms with Gasteiger partial charge in [-0.2, -0.15) is 0 Å². The summed E-state index contributed by atoms with van der Waals surface area (Å²) in [6.07, 6.45) is 3.31. The summed E-state index contributed by atoms with van der Waals surface area (Å²) in [7, 11) is 1.42. The summed E-state index contributed by atoms with van der Waals surface area (Å²) in [5.74, 6) is 0.766. The van der Waals surface area contributed by atoms with Crippen molar-refractivity contribution < 1.29 is 14.3 Å². The maximum Gasteiger partial charge on any atom is 0.305 e. The van der Waals surface area contributed by atoms with Gasteiger partial charge in [-0.1, -0.05) is 0 Å². The van der Waals surface area contributed by atoms with Crippen LogP contribution in [-0.2, 0) is 9.53 Å². The Hall–Kier alpha value is -0.780. The zero-order valence-electron chi connectivity index (χ0n) is 9.95. The van der Waals surface area contributed by atoms with Gasteiger partial charge in [-0.05, 0) is 66.1 Å². The molecule has 0 aromatic heterocycles. The van der Waals surface area contributed by atoms with Crippen LogP contribution in [0.1, 0.15) is 25.7 Å². The van der Waals surface area contributed by atoms with Crippen molar-refractivity contribution in [3.05, 3.63) is 27.8 Å². The molecule has 0 radical (unpaired) electrons. The van der Waals surface area contributed by atoms with Crippen molar-refractivity contribution in [2.75, 3.05) is 13.7 Å². The van der Waals surface area contributed by atoms with Crippen molar-refractivity contribution in [3.63, 3.8) is 0 Å². The van der Waals surface area contributed by atoms with E-state index in [1.807, 2.05) is 24.3 Å². The predicted octanol–water partition coefficient (Wildman–Crippen LogP) is 3.40. The molecule has 0 heterocycles. The lowest BCUT2D eigenvalue weighted by atomic mass is 10.2. The summed E-state index contributed by atoms with van der Waals surface area (Å²) in [5.41, 5.74) is 0. The molecule has 1 rings (SSSR count). The third-order valence-corrected chi connectivity index (χ3v) is 3.05. The SMILES string of the molecule is COC(=O)CCCCCOc1ccc(I)cc1. The largest absolute Gasteiger partial charge is 0.494 e. The number of ether oxygens (including phenoxy) is 2. The fraction of sp³-hybridized carbons (Fsp3) is 0.462. The number of carbonyl (C=O) groups excluding carboxylic acids is 1. The standard InChI is InChI=1S/C13H17IO3/c1-16-13(15)5-3-2-4-10-17-12-8-6-11(14)7-9-12/h6-9H,2-5,10H2,1H3. The summed E-state index contributed by atoms with van der Waals surface area (Å²) < 4.78 is 11.3. The van der Waals surface area contributed by atoms with Gasteiger partial charge in [0.1, 0.15) is 5.75 Å². The quantitative estimate of drug-likeness (QED) is 0.430. The van der Waals surface area contributed by atoms with Crippen molar-refractivity contribution in [2.24, 2.45) is 0 Å². The van der Waals surface area contributed by atoms with Gasteiger partial charge in [0.25, 0.3) is 0 Å². The molecule has 0 N–H and O–H groups in total. The fourth-order valence-electron chi connectivity index (χ4n) is 1.37. The van der Waals surface area contributed by atoms with Crippen molar-refractivity contribution in [1.82, 2.24) is 0 Å². The number of halogens is 1. The highest BCUT2D eigenvalue weighted by Crippen LogP contribution is 2.14. The average Bonchev–Trinajstić information content (AvgIpc) is 2.35. The highest BCUT2D eigenvalue weighted by Gasteiger charge is 1.99. The molecule has 0 bridgehead atoms. The first-order valence-electron chi connectivity index (χ1n) is 5.67. The Kier molecular flexibility index (Phi) is 7.00. The van der Waals surface area contributed by atoms with Crippen LogP contribution in [0.25, 0.3) is 0 Å². The summed E-state index contributed by atoms with van der Waals surface area (Å²) in [6.45, 7) is 0.696. The average molecular weight is 348 g/mol. The van der Waals surface area contributed by atoms with Gasteiger partial charge in [-0.3, -0.25) is 4.79 Å². The van der Waals surface area contributed by atoms with Crippen LogP contribution in [0.3, 0.4) is 0 Å². The third kappa shape index (κ3) is 6.51. The molecule has 0 aliphatic carbocycles. The van der Waals surface area contributed by atoms with E-state index in [-0.39, 0.29) is 5.97 Å². The van der Waals surface area contributed by atoms with E-state index in [0.29, 0.717) is 13.0 Å². The van der Waals surface area contributed by atoms with Gasteiger partial charge in [0.15, 0.2) is 0 Å². The van der Waals surface area contributed by atoms with E-state index >= 15 is 0 Å². The minimum absolute atomic E-state index is 0.136. The van der Waals surface area contributed by atoms with Crippen molar-refractivity contribution >= 4 is 28.6 Å².